The van der Waals surface area contributed by atoms with Crippen molar-refractivity contribution in [3.05, 3.63) is 60.8 Å². The van der Waals surface area contributed by atoms with Gasteiger partial charge in [0.05, 0.1) is 0 Å². The Morgan fingerprint density at radius 2 is 0.917 bits per heavy atom. The first-order valence-electron chi connectivity index (χ1n) is 19.1. The molecule has 48 heavy (non-hydrogen) atoms. The first kappa shape index (κ1) is 44.6. The normalized spacial score (nSPS) is 12.0. The highest BCUT2D eigenvalue weighted by Crippen LogP contribution is 2.13. The number of aliphatic hydroxyl groups is 1. The zero-order chi connectivity index (χ0) is 34.9. The molecule has 2 nitrogen and oxygen atoms in total. The van der Waals surface area contributed by atoms with Crippen LogP contribution < -0.4 is 0 Å². The second-order valence-corrected chi connectivity index (χ2v) is 12.5. The van der Waals surface area contributed by atoms with Crippen LogP contribution in [0.1, 0.15) is 167 Å². The van der Waals surface area contributed by atoms with Gasteiger partial charge in [0.2, 0.25) is 5.78 Å². The highest BCUT2D eigenvalue weighted by molar-refractivity contribution is 6.03. The molecular formula is C46H66O2. The number of hydrogen-bond donors (Lipinski definition) is 1. The van der Waals surface area contributed by atoms with Crippen LogP contribution in [0.2, 0.25) is 0 Å². The number of carbonyl (C=O) groups is 1. The fourth-order valence-corrected chi connectivity index (χ4v) is 5.17. The van der Waals surface area contributed by atoms with Crippen LogP contribution in [0.25, 0.3) is 0 Å². The lowest BCUT2D eigenvalue weighted by molar-refractivity contribution is -0.109. The molecular weight excluding hydrogens is 585 g/mol. The average Bonchev–Trinajstić information content (AvgIpc) is 3.09. The van der Waals surface area contributed by atoms with Crippen LogP contribution in [0.4, 0.5) is 0 Å². The summed E-state index contributed by atoms with van der Waals surface area (Å²) in [7, 11) is 0. The van der Waals surface area contributed by atoms with Crippen LogP contribution in [0.15, 0.2) is 60.8 Å². The van der Waals surface area contributed by atoms with E-state index >= 15 is 0 Å². The van der Waals surface area contributed by atoms with Crippen molar-refractivity contribution in [2.45, 2.75) is 173 Å². The fraction of sp³-hybridized carbons (Fsp3) is 0.587. The zero-order valence-corrected chi connectivity index (χ0v) is 30.2. The molecule has 1 unspecified atom stereocenters. The topological polar surface area (TPSA) is 37.3 Å². The third-order valence-corrected chi connectivity index (χ3v) is 8.02. The van der Waals surface area contributed by atoms with E-state index in [0.717, 1.165) is 64.2 Å². The maximum atomic E-state index is 11.0. The van der Waals surface area contributed by atoms with Gasteiger partial charge in [-0.25, -0.2) is 0 Å². The molecule has 2 heteroatoms. The standard InChI is InChI=1S/C46H66O2/c1-3-5-6-7-8-9-10-11-12-13-14-15-16-17-18-19-20-21-25-28-31-34-37-40-43-46(48)44-41-38-35-32-29-26-23-22-24-27-30-33-36-39-42-45(47)4-2/h1-2,5-6,21,23,25-26,34,37,39,42,46,48H,7-20,22,24,27-33,35-36,38H2/b6-5-,25-21-,26-23-,37-34-,42-39+. The molecule has 0 aliphatic rings. The van der Waals surface area contributed by atoms with Gasteiger partial charge in [0.1, 0.15) is 0 Å². The minimum atomic E-state index is -0.871. The van der Waals surface area contributed by atoms with E-state index in [9.17, 15) is 9.90 Å². The zero-order valence-electron chi connectivity index (χ0n) is 30.2. The van der Waals surface area contributed by atoms with Crippen molar-refractivity contribution in [2.75, 3.05) is 0 Å². The van der Waals surface area contributed by atoms with Crippen LogP contribution in [0, 0.1) is 48.4 Å². The van der Waals surface area contributed by atoms with Gasteiger partial charge in [-0.15, -0.1) is 12.8 Å². The predicted octanol–water partition coefficient (Wildman–Crippen LogP) is 12.1. The van der Waals surface area contributed by atoms with E-state index in [1.807, 2.05) is 18.2 Å². The van der Waals surface area contributed by atoms with Gasteiger partial charge in [0, 0.05) is 6.42 Å². The summed E-state index contributed by atoms with van der Waals surface area (Å²) in [6.45, 7) is 0. The highest BCUT2D eigenvalue weighted by Gasteiger charge is 1.94. The number of ketones is 1. The molecule has 0 heterocycles. The third kappa shape index (κ3) is 38.8. The lowest BCUT2D eigenvalue weighted by atomic mass is 10.0. The summed E-state index contributed by atoms with van der Waals surface area (Å²) >= 11 is 0. The molecule has 0 spiro atoms. The highest BCUT2D eigenvalue weighted by atomic mass is 16.3. The van der Waals surface area contributed by atoms with Crippen LogP contribution in [-0.4, -0.2) is 17.0 Å². The summed E-state index contributed by atoms with van der Waals surface area (Å²) in [6, 6.07) is 0. The fourth-order valence-electron chi connectivity index (χ4n) is 5.17. The van der Waals surface area contributed by atoms with Crippen LogP contribution in [-0.2, 0) is 4.79 Å². The number of carbonyl (C=O) groups excluding carboxylic acids is 1. The largest absolute Gasteiger partial charge is 0.369 e. The molecule has 0 aromatic heterocycles. The van der Waals surface area contributed by atoms with Crippen LogP contribution >= 0.6 is 0 Å². The Bertz CT molecular complexity index is 1110. The van der Waals surface area contributed by atoms with Gasteiger partial charge in [-0.1, -0.05) is 149 Å². The van der Waals surface area contributed by atoms with E-state index in [1.165, 1.54) is 109 Å². The second-order valence-electron chi connectivity index (χ2n) is 12.5. The number of rotatable bonds is 30. The van der Waals surface area contributed by atoms with Crippen LogP contribution in [0.5, 0.6) is 0 Å². The minimum absolute atomic E-state index is 0.250. The van der Waals surface area contributed by atoms with Gasteiger partial charge >= 0.3 is 0 Å². The number of unbranched alkanes of at least 4 members (excludes halogenated alkanes) is 22. The van der Waals surface area contributed by atoms with Crippen molar-refractivity contribution < 1.29 is 9.90 Å². The maximum absolute atomic E-state index is 11.0. The van der Waals surface area contributed by atoms with Crippen molar-refractivity contribution >= 4 is 5.78 Å². The Kier molecular flexibility index (Phi) is 36.9. The van der Waals surface area contributed by atoms with Crippen molar-refractivity contribution in [1.29, 1.82) is 0 Å². The molecule has 0 aliphatic heterocycles. The van der Waals surface area contributed by atoms with E-state index in [1.54, 1.807) is 0 Å². The van der Waals surface area contributed by atoms with Gasteiger partial charge in [0.15, 0.2) is 6.10 Å². The molecule has 262 valence electrons. The van der Waals surface area contributed by atoms with E-state index in [4.69, 9.17) is 12.8 Å². The summed E-state index contributed by atoms with van der Waals surface area (Å²) in [5.74, 6) is 16.0. The maximum Gasteiger partial charge on any atom is 0.228 e. The van der Waals surface area contributed by atoms with E-state index in [0.29, 0.717) is 0 Å². The summed E-state index contributed by atoms with van der Waals surface area (Å²) < 4.78 is 0. The Balaban J connectivity index is 3.51. The molecule has 0 amide bonds. The summed E-state index contributed by atoms with van der Waals surface area (Å²) in [4.78, 5) is 11.0. The number of allylic oxidation sites excluding steroid dienone is 10. The second kappa shape index (κ2) is 39.7. The van der Waals surface area contributed by atoms with Gasteiger partial charge in [0.25, 0.3) is 0 Å². The van der Waals surface area contributed by atoms with E-state index in [-0.39, 0.29) is 5.78 Å². The first-order valence-corrected chi connectivity index (χ1v) is 19.1. The van der Waals surface area contributed by atoms with E-state index < -0.39 is 6.10 Å². The monoisotopic (exact) mass is 651 g/mol. The summed E-state index contributed by atoms with van der Waals surface area (Å²) in [6.07, 6.45) is 61.1. The van der Waals surface area contributed by atoms with E-state index in [2.05, 4.69) is 72.0 Å². The Labute approximate surface area is 297 Å². The Morgan fingerprint density at radius 3 is 1.44 bits per heavy atom. The smallest absolute Gasteiger partial charge is 0.228 e. The average molecular weight is 651 g/mol. The molecule has 0 aromatic carbocycles. The van der Waals surface area contributed by atoms with Gasteiger partial charge in [-0.3, -0.25) is 4.79 Å². The molecule has 0 rings (SSSR count). The quantitative estimate of drug-likeness (QED) is 0.0276. The minimum Gasteiger partial charge on any atom is -0.369 e. The summed E-state index contributed by atoms with van der Waals surface area (Å²) in [5, 5.41) is 9.93. The molecule has 0 aliphatic carbocycles. The Hall–Kier alpha value is -3.43. The molecule has 0 fully saturated rings. The molecule has 1 atom stereocenters. The molecule has 1 N–H and O–H groups in total. The van der Waals surface area contributed by atoms with Crippen molar-refractivity contribution in [3.8, 4) is 48.4 Å². The molecule has 0 radical (unpaired) electrons. The SMILES string of the molecule is C#C/C=C\CCCCCCCCCCCCCC/C=C\CC/C=C\C#CC(O)C#CCCCC/C=C\CCCCCC/C=C/C(=O)C#C. The van der Waals surface area contributed by atoms with Crippen molar-refractivity contribution in [2.24, 2.45) is 0 Å². The predicted molar refractivity (Wildman–Crippen MR) is 210 cm³/mol. The number of hydrogen-bond acceptors (Lipinski definition) is 2. The molecule has 0 saturated heterocycles. The number of terminal acetylenes is 2. The Morgan fingerprint density at radius 1 is 0.500 bits per heavy atom. The lowest BCUT2D eigenvalue weighted by Gasteiger charge is -2.02. The van der Waals surface area contributed by atoms with Gasteiger partial charge < -0.3 is 5.11 Å². The first-order chi connectivity index (χ1) is 23.7. The van der Waals surface area contributed by atoms with Crippen LogP contribution in [0.3, 0.4) is 0 Å². The molecule has 0 bridgehead atoms. The molecule has 0 saturated carbocycles. The van der Waals surface area contributed by atoms with Gasteiger partial charge in [-0.05, 0) is 108 Å². The van der Waals surface area contributed by atoms with Crippen molar-refractivity contribution in [3.63, 3.8) is 0 Å². The third-order valence-electron chi connectivity index (χ3n) is 8.02. The van der Waals surface area contributed by atoms with Gasteiger partial charge in [-0.2, -0.15) is 0 Å². The molecule has 0 aromatic rings. The number of aliphatic hydroxyl groups excluding tert-OH is 1. The lowest BCUT2D eigenvalue weighted by Crippen LogP contribution is -1.97. The summed E-state index contributed by atoms with van der Waals surface area (Å²) in [5.41, 5.74) is 0. The van der Waals surface area contributed by atoms with Crippen molar-refractivity contribution in [1.82, 2.24) is 0 Å².